The van der Waals surface area contributed by atoms with E-state index in [9.17, 15) is 23.7 Å². The van der Waals surface area contributed by atoms with E-state index in [-0.39, 0.29) is 27.5 Å². The lowest BCUT2D eigenvalue weighted by atomic mass is 10.1. The lowest BCUT2D eigenvalue weighted by Gasteiger charge is -2.13. The van der Waals surface area contributed by atoms with E-state index in [0.29, 0.717) is 5.75 Å². The Hall–Kier alpha value is -3.82. The number of amides is 1. The molecule has 0 atom stereocenters. The van der Waals surface area contributed by atoms with Gasteiger partial charge in [-0.2, -0.15) is 18.6 Å². The fourth-order valence-electron chi connectivity index (χ4n) is 2.90. The summed E-state index contributed by atoms with van der Waals surface area (Å²) in [7, 11) is 0. The predicted octanol–water partition coefficient (Wildman–Crippen LogP) is 5.16. The van der Waals surface area contributed by atoms with E-state index < -0.39 is 17.4 Å². The molecule has 0 saturated carbocycles. The van der Waals surface area contributed by atoms with E-state index in [1.54, 1.807) is 6.07 Å². The van der Waals surface area contributed by atoms with Crippen LogP contribution in [-0.2, 0) is 0 Å². The van der Waals surface area contributed by atoms with E-state index in [1.807, 2.05) is 26.8 Å². The average molecular weight is 416 g/mol. The molecular weight excluding hydrogens is 398 g/mol. The van der Waals surface area contributed by atoms with Crippen molar-refractivity contribution in [2.24, 2.45) is 0 Å². The first-order chi connectivity index (χ1) is 14.2. The number of rotatable bonds is 6. The van der Waals surface area contributed by atoms with Crippen molar-refractivity contribution in [2.45, 2.75) is 27.3 Å². The van der Waals surface area contributed by atoms with Crippen molar-refractivity contribution >= 4 is 17.3 Å². The Labute approximate surface area is 170 Å². The van der Waals surface area contributed by atoms with Crippen molar-refractivity contribution in [3.05, 3.63) is 75.1 Å². The molecule has 1 aromatic heterocycles. The number of carbonyl (C=O) groups excluding carboxylic acids is 1. The van der Waals surface area contributed by atoms with Gasteiger partial charge >= 0.3 is 6.55 Å². The quantitative estimate of drug-likeness (QED) is 0.442. The number of benzene rings is 2. The molecule has 3 rings (SSSR count). The minimum atomic E-state index is -3.00. The second-order valence-electron chi connectivity index (χ2n) is 6.67. The average Bonchev–Trinajstić information content (AvgIpc) is 3.16. The highest BCUT2D eigenvalue weighted by molar-refractivity contribution is 6.03. The number of non-ortho nitro benzene ring substituents is 1. The number of hydrogen-bond acceptors (Lipinski definition) is 5. The van der Waals surface area contributed by atoms with Crippen LogP contribution in [0.3, 0.4) is 0 Å². The van der Waals surface area contributed by atoms with Crippen molar-refractivity contribution < 1.29 is 23.2 Å². The van der Waals surface area contributed by atoms with Crippen LogP contribution in [0.5, 0.6) is 11.5 Å². The van der Waals surface area contributed by atoms with Gasteiger partial charge in [0.2, 0.25) is 0 Å². The number of aromatic nitrogens is 2. The molecule has 156 valence electrons. The standard InChI is InChI=1S/C20H18F2N4O4/c1-11-6-12(2)13(3)18(7-11)30-16-9-14(8-15(10-16)26(28)29)24-19(27)17-4-5-23-25(17)20(21)22/h4-10,20H,1-3H3,(H,24,27). The molecule has 8 nitrogen and oxygen atoms in total. The number of anilines is 1. The number of carbonyl (C=O) groups is 1. The number of ether oxygens (including phenoxy) is 1. The van der Waals surface area contributed by atoms with Crippen LogP contribution in [0.4, 0.5) is 20.2 Å². The molecule has 0 aliphatic heterocycles. The monoisotopic (exact) mass is 416 g/mol. The maximum atomic E-state index is 13.0. The molecule has 0 unspecified atom stereocenters. The molecule has 0 spiro atoms. The molecule has 1 amide bonds. The maximum Gasteiger partial charge on any atom is 0.333 e. The van der Waals surface area contributed by atoms with Gasteiger partial charge in [0.25, 0.3) is 11.6 Å². The Balaban J connectivity index is 1.95. The smallest absolute Gasteiger partial charge is 0.333 e. The zero-order valence-electron chi connectivity index (χ0n) is 16.3. The third kappa shape index (κ3) is 4.43. The van der Waals surface area contributed by atoms with Crippen LogP contribution < -0.4 is 10.1 Å². The van der Waals surface area contributed by atoms with Gasteiger partial charge in [-0.05, 0) is 49.6 Å². The summed E-state index contributed by atoms with van der Waals surface area (Å²) < 4.78 is 32.0. The molecular formula is C20H18F2N4O4. The minimum absolute atomic E-state index is 0.0215. The molecule has 1 N–H and O–H groups in total. The number of nitro benzene ring substituents is 1. The van der Waals surface area contributed by atoms with Crippen molar-refractivity contribution in [3.63, 3.8) is 0 Å². The number of alkyl halides is 2. The zero-order valence-corrected chi connectivity index (χ0v) is 16.3. The molecule has 0 bridgehead atoms. The maximum absolute atomic E-state index is 13.0. The lowest BCUT2D eigenvalue weighted by molar-refractivity contribution is -0.384. The van der Waals surface area contributed by atoms with Crippen molar-refractivity contribution in [1.29, 1.82) is 0 Å². The Morgan fingerprint density at radius 3 is 2.60 bits per heavy atom. The van der Waals surface area contributed by atoms with Gasteiger partial charge in [0.1, 0.15) is 17.2 Å². The molecule has 0 aliphatic carbocycles. The van der Waals surface area contributed by atoms with E-state index in [0.717, 1.165) is 35.0 Å². The predicted molar refractivity (Wildman–Crippen MR) is 105 cm³/mol. The second kappa shape index (κ2) is 8.27. The number of nitrogens with zero attached hydrogens (tertiary/aromatic N) is 3. The Morgan fingerprint density at radius 1 is 1.20 bits per heavy atom. The van der Waals surface area contributed by atoms with Crippen LogP contribution in [0.15, 0.2) is 42.6 Å². The van der Waals surface area contributed by atoms with Crippen LogP contribution in [0, 0.1) is 30.9 Å². The van der Waals surface area contributed by atoms with Crippen molar-refractivity contribution in [1.82, 2.24) is 9.78 Å². The van der Waals surface area contributed by atoms with Crippen molar-refractivity contribution in [3.8, 4) is 11.5 Å². The summed E-state index contributed by atoms with van der Waals surface area (Å²) in [6.45, 7) is 2.66. The van der Waals surface area contributed by atoms with Gasteiger partial charge in [0.15, 0.2) is 0 Å². The number of nitro groups is 1. The Kier molecular flexibility index (Phi) is 5.77. The van der Waals surface area contributed by atoms with Gasteiger partial charge in [-0.3, -0.25) is 14.9 Å². The van der Waals surface area contributed by atoms with Crippen LogP contribution in [0.25, 0.3) is 0 Å². The molecule has 1 heterocycles. The topological polar surface area (TPSA) is 99.3 Å². The van der Waals surface area contributed by atoms with Gasteiger partial charge in [0.05, 0.1) is 16.7 Å². The van der Waals surface area contributed by atoms with Crippen LogP contribution in [-0.4, -0.2) is 20.6 Å². The zero-order chi connectivity index (χ0) is 22.0. The van der Waals surface area contributed by atoms with E-state index in [2.05, 4.69) is 10.4 Å². The number of aryl methyl sites for hydroxylation is 2. The summed E-state index contributed by atoms with van der Waals surface area (Å²) in [5.41, 5.74) is 2.11. The molecule has 30 heavy (non-hydrogen) atoms. The van der Waals surface area contributed by atoms with E-state index in [1.165, 1.54) is 12.1 Å². The first-order valence-electron chi connectivity index (χ1n) is 8.84. The lowest BCUT2D eigenvalue weighted by Crippen LogP contribution is -2.18. The van der Waals surface area contributed by atoms with Crippen LogP contribution in [0.2, 0.25) is 0 Å². The molecule has 3 aromatic rings. The van der Waals surface area contributed by atoms with Gasteiger partial charge in [0, 0.05) is 18.3 Å². The highest BCUT2D eigenvalue weighted by atomic mass is 19.3. The molecule has 0 aliphatic rings. The normalized spacial score (nSPS) is 10.9. The summed E-state index contributed by atoms with van der Waals surface area (Å²) in [6, 6.07) is 8.60. The molecule has 2 aromatic carbocycles. The van der Waals surface area contributed by atoms with E-state index >= 15 is 0 Å². The Morgan fingerprint density at radius 2 is 1.93 bits per heavy atom. The Bertz CT molecular complexity index is 1130. The summed E-state index contributed by atoms with van der Waals surface area (Å²) in [5, 5.41) is 17.1. The van der Waals surface area contributed by atoms with Gasteiger partial charge < -0.3 is 10.1 Å². The summed E-state index contributed by atoms with van der Waals surface area (Å²) >= 11 is 0. The molecule has 10 heteroatoms. The summed E-state index contributed by atoms with van der Waals surface area (Å²) in [4.78, 5) is 23.1. The number of hydrogen-bond donors (Lipinski definition) is 1. The first-order valence-corrected chi connectivity index (χ1v) is 8.84. The fraction of sp³-hybridized carbons (Fsp3) is 0.200. The third-order valence-electron chi connectivity index (χ3n) is 4.44. The first kappa shape index (κ1) is 20.9. The highest BCUT2D eigenvalue weighted by Crippen LogP contribution is 2.33. The highest BCUT2D eigenvalue weighted by Gasteiger charge is 2.20. The SMILES string of the molecule is Cc1cc(C)c(C)c(Oc2cc(NC(=O)c3ccnn3C(F)F)cc([N+](=O)[O-])c2)c1. The minimum Gasteiger partial charge on any atom is -0.457 e. The number of halogens is 2. The molecule has 0 saturated heterocycles. The largest absolute Gasteiger partial charge is 0.457 e. The van der Waals surface area contributed by atoms with Crippen LogP contribution in [0.1, 0.15) is 33.7 Å². The van der Waals surface area contributed by atoms with Crippen LogP contribution >= 0.6 is 0 Å². The molecule has 0 fully saturated rings. The second-order valence-corrected chi connectivity index (χ2v) is 6.67. The van der Waals surface area contributed by atoms with Crippen molar-refractivity contribution in [2.75, 3.05) is 5.32 Å². The van der Waals surface area contributed by atoms with Gasteiger partial charge in [-0.1, -0.05) is 6.07 Å². The summed E-state index contributed by atoms with van der Waals surface area (Å²) in [5.74, 6) is -0.252. The summed E-state index contributed by atoms with van der Waals surface area (Å²) in [6.07, 6.45) is 1.06. The van der Waals surface area contributed by atoms with Gasteiger partial charge in [-0.15, -0.1) is 0 Å². The van der Waals surface area contributed by atoms with Gasteiger partial charge in [-0.25, -0.2) is 0 Å². The third-order valence-corrected chi connectivity index (χ3v) is 4.44. The number of nitrogens with one attached hydrogen (secondary N) is 1. The van der Waals surface area contributed by atoms with E-state index in [4.69, 9.17) is 4.74 Å². The molecule has 0 radical (unpaired) electrons. The fourth-order valence-corrected chi connectivity index (χ4v) is 2.90.